The average Bonchev–Trinajstić information content (AvgIpc) is 2.75. The Labute approximate surface area is 125 Å². The summed E-state index contributed by atoms with van der Waals surface area (Å²) in [5.41, 5.74) is 3.19. The lowest BCUT2D eigenvalue weighted by Gasteiger charge is -2.33. The summed E-state index contributed by atoms with van der Waals surface area (Å²) in [5.74, 6) is -0.146. The van der Waals surface area contributed by atoms with Crippen LogP contribution >= 0.6 is 0 Å². The smallest absolute Gasteiger partial charge is 0.323 e. The number of hydrogen-bond acceptors (Lipinski definition) is 5. The van der Waals surface area contributed by atoms with E-state index in [2.05, 4.69) is 10.00 Å². The minimum absolute atomic E-state index is 0.0793. The summed E-state index contributed by atoms with van der Waals surface area (Å²) in [6, 6.07) is -0.149. The normalized spacial score (nSPS) is 19.7. The number of aliphatic hydroxyl groups excluding tert-OH is 1. The van der Waals surface area contributed by atoms with E-state index in [1.807, 2.05) is 18.5 Å². The van der Waals surface area contributed by atoms with Crippen molar-refractivity contribution >= 4 is 5.97 Å². The first-order chi connectivity index (χ1) is 10.1. The number of rotatable bonds is 5. The molecule has 1 aliphatic rings. The lowest BCUT2D eigenvalue weighted by Crippen LogP contribution is -2.44. The van der Waals surface area contributed by atoms with Gasteiger partial charge in [0.25, 0.3) is 0 Å². The van der Waals surface area contributed by atoms with Gasteiger partial charge in [0.1, 0.15) is 6.04 Å². The van der Waals surface area contributed by atoms with Crippen molar-refractivity contribution in [3.63, 3.8) is 0 Å². The first-order valence-electron chi connectivity index (χ1n) is 7.54. The third-order valence-corrected chi connectivity index (χ3v) is 4.29. The zero-order chi connectivity index (χ0) is 15.4. The Balaban J connectivity index is 2.17. The second kappa shape index (κ2) is 7.04. The van der Waals surface area contributed by atoms with Gasteiger partial charge < -0.3 is 9.84 Å². The minimum atomic E-state index is -0.149. The number of nitrogens with zero attached hydrogens (tertiary/aromatic N) is 3. The predicted molar refractivity (Wildman–Crippen MR) is 78.9 cm³/mol. The van der Waals surface area contributed by atoms with Gasteiger partial charge in [-0.25, -0.2) is 0 Å². The van der Waals surface area contributed by atoms with Crippen LogP contribution in [-0.4, -0.2) is 52.1 Å². The average molecular weight is 295 g/mol. The van der Waals surface area contributed by atoms with Gasteiger partial charge in [0, 0.05) is 17.8 Å². The second-order valence-electron chi connectivity index (χ2n) is 5.60. The van der Waals surface area contributed by atoms with Crippen molar-refractivity contribution < 1.29 is 14.6 Å². The maximum atomic E-state index is 11.9. The molecule has 0 bridgehead atoms. The molecule has 118 valence electrons. The van der Waals surface area contributed by atoms with Crippen LogP contribution in [0.3, 0.4) is 0 Å². The molecule has 1 aromatic rings. The molecule has 1 N–H and O–H groups in total. The Morgan fingerprint density at radius 1 is 1.43 bits per heavy atom. The number of aliphatic hydroxyl groups is 1. The zero-order valence-electron chi connectivity index (χ0n) is 13.1. The molecule has 6 nitrogen and oxygen atoms in total. The van der Waals surface area contributed by atoms with Crippen LogP contribution in [0.2, 0.25) is 0 Å². The molecule has 2 heterocycles. The molecular weight excluding hydrogens is 270 g/mol. The molecule has 1 saturated heterocycles. The van der Waals surface area contributed by atoms with Gasteiger partial charge in [-0.05, 0) is 33.2 Å². The highest BCUT2D eigenvalue weighted by atomic mass is 16.5. The van der Waals surface area contributed by atoms with Crippen LogP contribution in [0.5, 0.6) is 0 Å². The summed E-state index contributed by atoms with van der Waals surface area (Å²) in [7, 11) is 1.45. The van der Waals surface area contributed by atoms with Crippen molar-refractivity contribution in [3.8, 4) is 0 Å². The van der Waals surface area contributed by atoms with Gasteiger partial charge in [-0.15, -0.1) is 0 Å². The monoisotopic (exact) mass is 295 g/mol. The lowest BCUT2D eigenvalue weighted by atomic mass is 10.0. The topological polar surface area (TPSA) is 67.6 Å². The molecule has 0 aliphatic carbocycles. The van der Waals surface area contributed by atoms with Crippen LogP contribution in [0.1, 0.15) is 36.2 Å². The number of hydrogen-bond donors (Lipinski definition) is 1. The standard InChI is InChI=1S/C15H25N3O3/c1-11-13(12(2)18(16-11)8-9-19)10-17-7-5-4-6-14(17)15(20)21-3/h14,19H,4-10H2,1-3H3/t14-/m1/s1. The van der Waals surface area contributed by atoms with Gasteiger partial charge in [0.2, 0.25) is 0 Å². The molecule has 0 amide bonds. The summed E-state index contributed by atoms with van der Waals surface area (Å²) < 4.78 is 6.76. The highest BCUT2D eigenvalue weighted by molar-refractivity contribution is 5.75. The van der Waals surface area contributed by atoms with Gasteiger partial charge >= 0.3 is 5.97 Å². The van der Waals surface area contributed by atoms with Gasteiger partial charge in [-0.1, -0.05) is 6.42 Å². The number of carbonyl (C=O) groups excluding carboxylic acids is 1. The maximum Gasteiger partial charge on any atom is 0.323 e. The number of carbonyl (C=O) groups is 1. The van der Waals surface area contributed by atoms with E-state index in [1.54, 1.807) is 0 Å². The maximum absolute atomic E-state index is 11.9. The summed E-state index contributed by atoms with van der Waals surface area (Å²) >= 11 is 0. The van der Waals surface area contributed by atoms with Crippen LogP contribution in [0.15, 0.2) is 0 Å². The molecule has 0 radical (unpaired) electrons. The van der Waals surface area contributed by atoms with Gasteiger partial charge in [0.15, 0.2) is 0 Å². The van der Waals surface area contributed by atoms with Crippen LogP contribution in [0.4, 0.5) is 0 Å². The van der Waals surface area contributed by atoms with Crippen molar-refractivity contribution in [2.45, 2.75) is 52.2 Å². The van der Waals surface area contributed by atoms with E-state index in [1.165, 1.54) is 7.11 Å². The van der Waals surface area contributed by atoms with Crippen LogP contribution in [0, 0.1) is 13.8 Å². The highest BCUT2D eigenvalue weighted by Gasteiger charge is 2.30. The van der Waals surface area contributed by atoms with Crippen molar-refractivity contribution in [2.75, 3.05) is 20.3 Å². The molecular formula is C15H25N3O3. The summed E-state index contributed by atoms with van der Waals surface area (Å²) in [6.45, 7) is 6.20. The Morgan fingerprint density at radius 2 is 2.19 bits per heavy atom. The first kappa shape index (κ1) is 16.0. The number of esters is 1. The van der Waals surface area contributed by atoms with E-state index in [-0.39, 0.29) is 18.6 Å². The Kier molecular flexibility index (Phi) is 5.36. The highest BCUT2D eigenvalue weighted by Crippen LogP contribution is 2.23. The van der Waals surface area contributed by atoms with E-state index in [0.717, 1.165) is 42.8 Å². The van der Waals surface area contributed by atoms with Gasteiger partial charge in [-0.2, -0.15) is 5.10 Å². The summed E-state index contributed by atoms with van der Waals surface area (Å²) in [5, 5.41) is 13.5. The van der Waals surface area contributed by atoms with Crippen LogP contribution in [0.25, 0.3) is 0 Å². The number of piperidine rings is 1. The predicted octanol–water partition coefficient (Wildman–Crippen LogP) is 1.02. The number of aromatic nitrogens is 2. The lowest BCUT2D eigenvalue weighted by molar-refractivity contribution is -0.148. The number of likely N-dealkylation sites (tertiary alicyclic amines) is 1. The third-order valence-electron chi connectivity index (χ3n) is 4.29. The fraction of sp³-hybridized carbons (Fsp3) is 0.733. The van der Waals surface area contributed by atoms with Crippen LogP contribution < -0.4 is 0 Å². The molecule has 1 aromatic heterocycles. The third kappa shape index (κ3) is 3.44. The van der Waals surface area contributed by atoms with E-state index in [4.69, 9.17) is 9.84 Å². The Morgan fingerprint density at radius 3 is 2.86 bits per heavy atom. The molecule has 21 heavy (non-hydrogen) atoms. The van der Waals surface area contributed by atoms with E-state index in [9.17, 15) is 4.79 Å². The Bertz CT molecular complexity index is 499. The van der Waals surface area contributed by atoms with Crippen molar-refractivity contribution in [1.82, 2.24) is 14.7 Å². The molecule has 1 fully saturated rings. The van der Waals surface area contributed by atoms with Gasteiger partial charge in [0.05, 0.1) is 26.0 Å². The molecule has 0 aromatic carbocycles. The van der Waals surface area contributed by atoms with Crippen LogP contribution in [-0.2, 0) is 22.6 Å². The van der Waals surface area contributed by atoms with E-state index >= 15 is 0 Å². The zero-order valence-corrected chi connectivity index (χ0v) is 13.1. The fourth-order valence-corrected chi connectivity index (χ4v) is 3.06. The molecule has 2 rings (SSSR count). The fourth-order valence-electron chi connectivity index (χ4n) is 3.06. The van der Waals surface area contributed by atoms with Crippen molar-refractivity contribution in [1.29, 1.82) is 0 Å². The Hall–Kier alpha value is -1.40. The van der Waals surface area contributed by atoms with Crippen molar-refractivity contribution in [3.05, 3.63) is 17.0 Å². The summed E-state index contributed by atoms with van der Waals surface area (Å²) in [6.07, 6.45) is 3.03. The molecule has 6 heteroatoms. The SMILES string of the molecule is COC(=O)[C@H]1CCCCN1Cc1c(C)nn(CCO)c1C. The molecule has 0 saturated carbocycles. The molecule has 0 unspecified atom stereocenters. The summed E-state index contributed by atoms with van der Waals surface area (Å²) in [4.78, 5) is 14.1. The van der Waals surface area contributed by atoms with E-state index < -0.39 is 0 Å². The quantitative estimate of drug-likeness (QED) is 0.822. The largest absolute Gasteiger partial charge is 0.468 e. The number of methoxy groups -OCH3 is 1. The second-order valence-corrected chi connectivity index (χ2v) is 5.60. The minimum Gasteiger partial charge on any atom is -0.468 e. The molecule has 1 atom stereocenters. The molecule has 0 spiro atoms. The molecule has 1 aliphatic heterocycles. The number of ether oxygens (including phenoxy) is 1. The van der Waals surface area contributed by atoms with E-state index in [0.29, 0.717) is 13.1 Å². The van der Waals surface area contributed by atoms with Crippen molar-refractivity contribution in [2.24, 2.45) is 0 Å². The first-order valence-corrected chi connectivity index (χ1v) is 7.54. The van der Waals surface area contributed by atoms with Gasteiger partial charge in [-0.3, -0.25) is 14.4 Å². The number of aryl methyl sites for hydroxylation is 1.